The van der Waals surface area contributed by atoms with E-state index in [2.05, 4.69) is 35.4 Å². The van der Waals surface area contributed by atoms with Crippen molar-refractivity contribution in [3.05, 3.63) is 101 Å². The SMILES string of the molecule is Fc1ccc(-n2cc(CCCCN3CCC4(CC3)OCc3ccccc34)c3ccc(F)cc32)cc1. The molecule has 0 N–H and O–H groups in total. The molecule has 3 aromatic carbocycles. The van der Waals surface area contributed by atoms with E-state index in [1.165, 1.54) is 34.9 Å². The summed E-state index contributed by atoms with van der Waals surface area (Å²) >= 11 is 0. The molecule has 3 nitrogen and oxygen atoms in total. The van der Waals surface area contributed by atoms with E-state index in [1.807, 2.05) is 10.6 Å². The van der Waals surface area contributed by atoms with Crippen LogP contribution in [0.4, 0.5) is 8.78 Å². The Morgan fingerprint density at radius 2 is 1.63 bits per heavy atom. The summed E-state index contributed by atoms with van der Waals surface area (Å²) in [6.07, 6.45) is 7.32. The van der Waals surface area contributed by atoms with E-state index in [1.54, 1.807) is 18.2 Å². The van der Waals surface area contributed by atoms with Crippen molar-refractivity contribution in [2.75, 3.05) is 19.6 Å². The third-order valence-corrected chi connectivity index (χ3v) is 7.80. The van der Waals surface area contributed by atoms with Gasteiger partial charge in [0.05, 0.1) is 17.7 Å². The van der Waals surface area contributed by atoms with Gasteiger partial charge >= 0.3 is 0 Å². The van der Waals surface area contributed by atoms with Crippen LogP contribution in [0.25, 0.3) is 16.6 Å². The third-order valence-electron chi connectivity index (χ3n) is 7.80. The Hall–Kier alpha value is -3.02. The summed E-state index contributed by atoms with van der Waals surface area (Å²) in [6, 6.07) is 20.0. The minimum absolute atomic E-state index is 0.0788. The number of halogens is 2. The lowest BCUT2D eigenvalue weighted by Gasteiger charge is -2.39. The van der Waals surface area contributed by atoms with E-state index in [9.17, 15) is 8.78 Å². The number of rotatable bonds is 6. The van der Waals surface area contributed by atoms with Crippen LogP contribution in [0.15, 0.2) is 72.9 Å². The van der Waals surface area contributed by atoms with Gasteiger partial charge in [0, 0.05) is 30.4 Å². The first kappa shape index (κ1) is 22.4. The van der Waals surface area contributed by atoms with Gasteiger partial charge in [-0.2, -0.15) is 0 Å². The first-order valence-electron chi connectivity index (χ1n) is 12.6. The van der Waals surface area contributed by atoms with Crippen LogP contribution in [0.2, 0.25) is 0 Å². The lowest BCUT2D eigenvalue weighted by molar-refractivity contribution is -0.0788. The molecule has 4 aromatic rings. The first-order chi connectivity index (χ1) is 17.1. The largest absolute Gasteiger partial charge is 0.365 e. The zero-order valence-corrected chi connectivity index (χ0v) is 19.9. The monoisotopic (exact) mass is 472 g/mol. The number of aryl methyl sites for hydroxylation is 1. The molecule has 0 aliphatic carbocycles. The summed E-state index contributed by atoms with van der Waals surface area (Å²) < 4.78 is 35.7. The summed E-state index contributed by atoms with van der Waals surface area (Å²) in [5.41, 5.74) is 5.54. The van der Waals surface area contributed by atoms with Gasteiger partial charge in [-0.05, 0) is 97.8 Å². The highest BCUT2D eigenvalue weighted by atomic mass is 19.1. The van der Waals surface area contributed by atoms with Crippen molar-refractivity contribution in [3.63, 3.8) is 0 Å². The molecule has 0 atom stereocenters. The lowest BCUT2D eigenvalue weighted by atomic mass is 9.84. The van der Waals surface area contributed by atoms with Gasteiger partial charge in [-0.1, -0.05) is 24.3 Å². The molecule has 0 saturated carbocycles. The van der Waals surface area contributed by atoms with Crippen LogP contribution in [-0.4, -0.2) is 29.1 Å². The van der Waals surface area contributed by atoms with Gasteiger partial charge in [0.2, 0.25) is 0 Å². The predicted octanol–water partition coefficient (Wildman–Crippen LogP) is 6.75. The Morgan fingerprint density at radius 3 is 2.46 bits per heavy atom. The molecular weight excluding hydrogens is 442 g/mol. The Labute approximate surface area is 204 Å². The molecule has 6 rings (SSSR count). The maximum absolute atomic E-state index is 14.0. The van der Waals surface area contributed by atoms with Crippen LogP contribution in [0, 0.1) is 11.6 Å². The molecule has 180 valence electrons. The van der Waals surface area contributed by atoms with Crippen LogP contribution >= 0.6 is 0 Å². The molecule has 0 radical (unpaired) electrons. The molecule has 0 amide bonds. The number of likely N-dealkylation sites (tertiary alicyclic amines) is 1. The molecule has 2 aliphatic rings. The molecule has 1 fully saturated rings. The molecule has 1 aromatic heterocycles. The molecular formula is C30H30F2N2O. The molecule has 1 saturated heterocycles. The molecule has 5 heteroatoms. The van der Waals surface area contributed by atoms with E-state index in [4.69, 9.17) is 4.74 Å². The van der Waals surface area contributed by atoms with E-state index in [0.717, 1.165) is 74.9 Å². The summed E-state index contributed by atoms with van der Waals surface area (Å²) in [5, 5.41) is 1.06. The number of aromatic nitrogens is 1. The summed E-state index contributed by atoms with van der Waals surface area (Å²) in [5.74, 6) is -0.536. The van der Waals surface area contributed by atoms with Crippen molar-refractivity contribution < 1.29 is 13.5 Å². The predicted molar refractivity (Wildman–Crippen MR) is 135 cm³/mol. The number of piperidine rings is 1. The van der Waals surface area contributed by atoms with Gasteiger partial charge in [0.1, 0.15) is 11.6 Å². The van der Waals surface area contributed by atoms with Crippen LogP contribution < -0.4 is 0 Å². The molecule has 0 bridgehead atoms. The Bertz CT molecular complexity index is 1340. The number of fused-ring (bicyclic) bond motifs is 3. The lowest BCUT2D eigenvalue weighted by Crippen LogP contribution is -2.42. The number of hydrogen-bond donors (Lipinski definition) is 0. The summed E-state index contributed by atoms with van der Waals surface area (Å²) in [6.45, 7) is 3.96. The minimum Gasteiger partial charge on any atom is -0.365 e. The fourth-order valence-corrected chi connectivity index (χ4v) is 5.87. The van der Waals surface area contributed by atoms with Crippen LogP contribution in [0.3, 0.4) is 0 Å². The maximum Gasteiger partial charge on any atom is 0.125 e. The fraction of sp³-hybridized carbons (Fsp3) is 0.333. The van der Waals surface area contributed by atoms with Crippen LogP contribution in [-0.2, 0) is 23.4 Å². The topological polar surface area (TPSA) is 17.4 Å². The number of unbranched alkanes of at least 4 members (excludes halogenated alkanes) is 1. The first-order valence-corrected chi connectivity index (χ1v) is 12.6. The van der Waals surface area contributed by atoms with Gasteiger partial charge in [-0.25, -0.2) is 8.78 Å². The molecule has 1 spiro atoms. The van der Waals surface area contributed by atoms with Crippen molar-refractivity contribution in [1.82, 2.24) is 9.47 Å². The molecule has 2 aliphatic heterocycles. The second-order valence-electron chi connectivity index (χ2n) is 9.90. The highest BCUT2D eigenvalue weighted by Crippen LogP contribution is 2.44. The van der Waals surface area contributed by atoms with Gasteiger partial charge in [0.25, 0.3) is 0 Å². The van der Waals surface area contributed by atoms with Gasteiger partial charge in [-0.3, -0.25) is 0 Å². The van der Waals surface area contributed by atoms with Crippen LogP contribution in [0.1, 0.15) is 42.4 Å². The van der Waals surface area contributed by atoms with E-state index in [-0.39, 0.29) is 17.2 Å². The highest BCUT2D eigenvalue weighted by Gasteiger charge is 2.42. The average molecular weight is 473 g/mol. The Balaban J connectivity index is 1.08. The minimum atomic E-state index is -0.274. The standard InChI is InChI=1S/C30H30F2N2O/c31-24-8-11-26(12-9-24)34-20-22(27-13-10-25(32)19-29(27)34)5-3-4-16-33-17-14-30(15-18-33)28-7-2-1-6-23(28)21-35-30/h1-2,6-13,19-20H,3-5,14-18,21H2. The van der Waals surface area contributed by atoms with Crippen molar-refractivity contribution in [2.24, 2.45) is 0 Å². The Morgan fingerprint density at radius 1 is 0.857 bits per heavy atom. The molecule has 35 heavy (non-hydrogen) atoms. The smallest absolute Gasteiger partial charge is 0.125 e. The van der Waals surface area contributed by atoms with Crippen molar-refractivity contribution in [3.8, 4) is 5.69 Å². The van der Waals surface area contributed by atoms with Crippen molar-refractivity contribution in [1.29, 1.82) is 0 Å². The average Bonchev–Trinajstić information content (AvgIpc) is 3.42. The zero-order chi connectivity index (χ0) is 23.8. The normalized spacial score (nSPS) is 17.3. The quantitative estimate of drug-likeness (QED) is 0.289. The fourth-order valence-electron chi connectivity index (χ4n) is 5.87. The molecule has 0 unspecified atom stereocenters. The zero-order valence-electron chi connectivity index (χ0n) is 19.9. The van der Waals surface area contributed by atoms with E-state index in [0.29, 0.717) is 0 Å². The number of nitrogens with zero attached hydrogens (tertiary/aromatic N) is 2. The van der Waals surface area contributed by atoms with Crippen molar-refractivity contribution >= 4 is 10.9 Å². The van der Waals surface area contributed by atoms with Crippen LogP contribution in [0.5, 0.6) is 0 Å². The highest BCUT2D eigenvalue weighted by molar-refractivity contribution is 5.85. The van der Waals surface area contributed by atoms with E-state index >= 15 is 0 Å². The second-order valence-corrected chi connectivity index (χ2v) is 9.90. The number of ether oxygens (including phenoxy) is 1. The maximum atomic E-state index is 14.0. The molecule has 3 heterocycles. The van der Waals surface area contributed by atoms with E-state index < -0.39 is 0 Å². The number of hydrogen-bond acceptors (Lipinski definition) is 2. The van der Waals surface area contributed by atoms with Gasteiger partial charge in [-0.15, -0.1) is 0 Å². The summed E-state index contributed by atoms with van der Waals surface area (Å²) in [4.78, 5) is 2.56. The van der Waals surface area contributed by atoms with Crippen molar-refractivity contribution in [2.45, 2.75) is 44.3 Å². The second kappa shape index (κ2) is 9.21. The summed E-state index contributed by atoms with van der Waals surface area (Å²) in [7, 11) is 0. The third kappa shape index (κ3) is 4.28. The van der Waals surface area contributed by atoms with Gasteiger partial charge < -0.3 is 14.2 Å². The number of benzene rings is 3. The Kier molecular flexibility index (Phi) is 5.91. The van der Waals surface area contributed by atoms with Gasteiger partial charge in [0.15, 0.2) is 0 Å².